The van der Waals surface area contributed by atoms with Crippen molar-refractivity contribution in [3.63, 3.8) is 0 Å². The molecular weight excluding hydrogens is 232 g/mol. The van der Waals surface area contributed by atoms with Crippen molar-refractivity contribution in [1.82, 2.24) is 4.98 Å². The molecule has 0 amide bonds. The van der Waals surface area contributed by atoms with Gasteiger partial charge in [0.15, 0.2) is 5.58 Å². The van der Waals surface area contributed by atoms with E-state index in [0.29, 0.717) is 18.1 Å². The van der Waals surface area contributed by atoms with Crippen LogP contribution in [0.4, 0.5) is 6.01 Å². The summed E-state index contributed by atoms with van der Waals surface area (Å²) in [6.45, 7) is 4.46. The van der Waals surface area contributed by atoms with Crippen LogP contribution in [0.1, 0.15) is 20.3 Å². The summed E-state index contributed by atoms with van der Waals surface area (Å²) in [5.41, 5.74) is 1.50. The first-order valence-corrected chi connectivity index (χ1v) is 5.95. The van der Waals surface area contributed by atoms with E-state index in [0.717, 1.165) is 5.52 Å². The van der Waals surface area contributed by atoms with Crippen LogP contribution in [0, 0.1) is 0 Å². The van der Waals surface area contributed by atoms with Crippen LogP contribution in [0.5, 0.6) is 0 Å². The zero-order valence-electron chi connectivity index (χ0n) is 10.5. The SMILES string of the molecule is CCN(c1nc2ccccc2o1)C(C)CC(=O)O. The summed E-state index contributed by atoms with van der Waals surface area (Å²) in [6.07, 6.45) is 0.0621. The van der Waals surface area contributed by atoms with Crippen molar-refractivity contribution >= 4 is 23.1 Å². The Morgan fingerprint density at radius 2 is 2.22 bits per heavy atom. The molecule has 18 heavy (non-hydrogen) atoms. The predicted molar refractivity (Wildman–Crippen MR) is 68.7 cm³/mol. The summed E-state index contributed by atoms with van der Waals surface area (Å²) in [5, 5.41) is 8.84. The second kappa shape index (κ2) is 5.08. The van der Waals surface area contributed by atoms with Gasteiger partial charge >= 0.3 is 5.97 Å². The number of aromatic nitrogens is 1. The van der Waals surface area contributed by atoms with Gasteiger partial charge in [0.05, 0.1) is 6.42 Å². The summed E-state index contributed by atoms with van der Waals surface area (Å²) >= 11 is 0. The first kappa shape index (κ1) is 12.4. The molecule has 0 bridgehead atoms. The summed E-state index contributed by atoms with van der Waals surface area (Å²) in [5.74, 6) is -0.822. The Morgan fingerprint density at radius 1 is 1.50 bits per heavy atom. The molecule has 96 valence electrons. The highest BCUT2D eigenvalue weighted by atomic mass is 16.4. The molecule has 0 aliphatic carbocycles. The molecule has 0 saturated heterocycles. The first-order valence-electron chi connectivity index (χ1n) is 5.95. The second-order valence-electron chi connectivity index (χ2n) is 4.20. The number of nitrogens with zero attached hydrogens (tertiary/aromatic N) is 2. The number of benzene rings is 1. The minimum atomic E-state index is -0.822. The molecule has 1 atom stereocenters. The normalized spacial score (nSPS) is 12.6. The fourth-order valence-corrected chi connectivity index (χ4v) is 1.98. The molecule has 5 nitrogen and oxygen atoms in total. The number of oxazole rings is 1. The van der Waals surface area contributed by atoms with Gasteiger partial charge in [-0.05, 0) is 26.0 Å². The number of aliphatic carboxylic acids is 1. The van der Waals surface area contributed by atoms with E-state index in [1.807, 2.05) is 43.0 Å². The number of carboxylic acids is 1. The van der Waals surface area contributed by atoms with E-state index in [9.17, 15) is 4.79 Å². The highest BCUT2D eigenvalue weighted by molar-refractivity contribution is 5.74. The monoisotopic (exact) mass is 248 g/mol. The maximum atomic E-state index is 10.8. The highest BCUT2D eigenvalue weighted by Gasteiger charge is 2.20. The average Bonchev–Trinajstić information content (AvgIpc) is 2.71. The van der Waals surface area contributed by atoms with Crippen LogP contribution in [0.25, 0.3) is 11.1 Å². The molecule has 1 N–H and O–H groups in total. The molecule has 1 unspecified atom stereocenters. The van der Waals surface area contributed by atoms with Crippen molar-refractivity contribution < 1.29 is 14.3 Å². The molecule has 2 rings (SSSR count). The van der Waals surface area contributed by atoms with Gasteiger partial charge in [-0.1, -0.05) is 12.1 Å². The largest absolute Gasteiger partial charge is 0.481 e. The van der Waals surface area contributed by atoms with Crippen LogP contribution >= 0.6 is 0 Å². The van der Waals surface area contributed by atoms with Crippen molar-refractivity contribution in [2.75, 3.05) is 11.4 Å². The third kappa shape index (κ3) is 2.45. The van der Waals surface area contributed by atoms with Gasteiger partial charge < -0.3 is 14.4 Å². The second-order valence-corrected chi connectivity index (χ2v) is 4.20. The minimum absolute atomic E-state index is 0.0621. The molecule has 5 heteroatoms. The van der Waals surface area contributed by atoms with Gasteiger partial charge in [0.2, 0.25) is 0 Å². The van der Waals surface area contributed by atoms with Crippen LogP contribution in [0.15, 0.2) is 28.7 Å². The molecule has 2 aromatic rings. The van der Waals surface area contributed by atoms with Crippen molar-refractivity contribution in [3.05, 3.63) is 24.3 Å². The molecule has 1 aromatic carbocycles. The Hall–Kier alpha value is -2.04. The molecule has 1 aromatic heterocycles. The lowest BCUT2D eigenvalue weighted by Crippen LogP contribution is -2.34. The lowest BCUT2D eigenvalue weighted by Gasteiger charge is -2.24. The van der Waals surface area contributed by atoms with Crippen LogP contribution < -0.4 is 4.90 Å². The summed E-state index contributed by atoms with van der Waals surface area (Å²) in [6, 6.07) is 7.83. The number of rotatable bonds is 5. The standard InChI is InChI=1S/C13H16N2O3/c1-3-15(9(2)8-12(16)17)13-14-10-6-4-5-7-11(10)18-13/h4-7,9H,3,8H2,1-2H3,(H,16,17). The molecule has 0 saturated carbocycles. The molecule has 0 aliphatic rings. The van der Waals surface area contributed by atoms with Crippen LogP contribution in [0.2, 0.25) is 0 Å². The maximum Gasteiger partial charge on any atom is 0.305 e. The van der Waals surface area contributed by atoms with E-state index in [4.69, 9.17) is 9.52 Å². The number of para-hydroxylation sites is 2. The lowest BCUT2D eigenvalue weighted by molar-refractivity contribution is -0.137. The van der Waals surface area contributed by atoms with E-state index in [1.165, 1.54) is 0 Å². The molecule has 0 radical (unpaired) electrons. The minimum Gasteiger partial charge on any atom is -0.481 e. The molecule has 0 spiro atoms. The molecule has 0 aliphatic heterocycles. The fourth-order valence-electron chi connectivity index (χ4n) is 1.98. The predicted octanol–water partition coefficient (Wildman–Crippen LogP) is 2.52. The van der Waals surface area contributed by atoms with Gasteiger partial charge in [-0.25, -0.2) is 0 Å². The van der Waals surface area contributed by atoms with Gasteiger partial charge in [0, 0.05) is 12.6 Å². The Labute approximate surface area is 105 Å². The third-order valence-corrected chi connectivity index (χ3v) is 2.87. The molecular formula is C13H16N2O3. The van der Waals surface area contributed by atoms with Crippen molar-refractivity contribution in [2.24, 2.45) is 0 Å². The number of hydrogen-bond donors (Lipinski definition) is 1. The maximum absolute atomic E-state index is 10.8. The van der Waals surface area contributed by atoms with Crippen LogP contribution in [-0.2, 0) is 4.79 Å². The number of fused-ring (bicyclic) bond motifs is 1. The Kier molecular flexibility index (Phi) is 3.50. The van der Waals surface area contributed by atoms with Gasteiger partial charge in [-0.15, -0.1) is 0 Å². The van der Waals surface area contributed by atoms with Crippen LogP contribution in [-0.4, -0.2) is 28.6 Å². The zero-order valence-corrected chi connectivity index (χ0v) is 10.5. The highest BCUT2D eigenvalue weighted by Crippen LogP contribution is 2.23. The third-order valence-electron chi connectivity index (χ3n) is 2.87. The van der Waals surface area contributed by atoms with Crippen LogP contribution in [0.3, 0.4) is 0 Å². The average molecular weight is 248 g/mol. The topological polar surface area (TPSA) is 66.6 Å². The number of anilines is 1. The molecule has 0 fully saturated rings. The molecule has 1 heterocycles. The lowest BCUT2D eigenvalue weighted by atomic mass is 10.2. The Bertz CT molecular complexity index is 517. The Balaban J connectivity index is 2.29. The summed E-state index contributed by atoms with van der Waals surface area (Å²) in [7, 11) is 0. The van der Waals surface area contributed by atoms with E-state index in [-0.39, 0.29) is 12.5 Å². The van der Waals surface area contributed by atoms with E-state index in [1.54, 1.807) is 0 Å². The summed E-state index contributed by atoms with van der Waals surface area (Å²) in [4.78, 5) is 17.0. The van der Waals surface area contributed by atoms with Crippen molar-refractivity contribution in [1.29, 1.82) is 0 Å². The van der Waals surface area contributed by atoms with Gasteiger partial charge in [-0.2, -0.15) is 4.98 Å². The summed E-state index contributed by atoms with van der Waals surface area (Å²) < 4.78 is 5.65. The van der Waals surface area contributed by atoms with Gasteiger partial charge in [0.25, 0.3) is 6.01 Å². The van der Waals surface area contributed by atoms with Crippen molar-refractivity contribution in [2.45, 2.75) is 26.3 Å². The smallest absolute Gasteiger partial charge is 0.305 e. The Morgan fingerprint density at radius 3 is 2.83 bits per heavy atom. The number of carboxylic acid groups (broad SMARTS) is 1. The van der Waals surface area contributed by atoms with E-state index < -0.39 is 5.97 Å². The van der Waals surface area contributed by atoms with E-state index in [2.05, 4.69) is 4.98 Å². The quantitative estimate of drug-likeness (QED) is 0.880. The van der Waals surface area contributed by atoms with E-state index >= 15 is 0 Å². The fraction of sp³-hybridized carbons (Fsp3) is 0.385. The zero-order chi connectivity index (χ0) is 13.1. The van der Waals surface area contributed by atoms with Gasteiger partial charge in [0.1, 0.15) is 5.52 Å². The first-order chi connectivity index (χ1) is 8.61. The number of carbonyl (C=O) groups is 1. The van der Waals surface area contributed by atoms with Crippen molar-refractivity contribution in [3.8, 4) is 0 Å². The number of hydrogen-bond acceptors (Lipinski definition) is 4. The van der Waals surface area contributed by atoms with Gasteiger partial charge in [-0.3, -0.25) is 4.79 Å².